The van der Waals surface area contributed by atoms with Gasteiger partial charge in [-0.2, -0.15) is 0 Å². The van der Waals surface area contributed by atoms with Crippen molar-refractivity contribution in [3.05, 3.63) is 40.6 Å². The van der Waals surface area contributed by atoms with Crippen LogP contribution in [0.25, 0.3) is 10.9 Å². The Balaban J connectivity index is 1.62. The third-order valence-corrected chi connectivity index (χ3v) is 7.18. The summed E-state index contributed by atoms with van der Waals surface area (Å²) in [4.78, 5) is 51.4. The Morgan fingerprint density at radius 2 is 1.80 bits per heavy atom. The number of rotatable bonds is 6. The topological polar surface area (TPSA) is 98.3 Å². The predicted octanol–water partition coefficient (Wildman–Crippen LogP) is 2.73. The zero-order valence-corrected chi connectivity index (χ0v) is 21.1. The molecular formula is C26H33N3O6. The summed E-state index contributed by atoms with van der Waals surface area (Å²) < 4.78 is 10.1. The second kappa shape index (κ2) is 9.91. The highest BCUT2D eigenvalue weighted by molar-refractivity contribution is 6.07. The number of hydroxylamine groups is 2. The fourth-order valence-corrected chi connectivity index (χ4v) is 5.57. The largest absolute Gasteiger partial charge is 0.469 e. The van der Waals surface area contributed by atoms with Gasteiger partial charge in [0, 0.05) is 37.7 Å². The molecule has 2 saturated heterocycles. The lowest BCUT2D eigenvalue weighted by molar-refractivity contribution is -0.226. The van der Waals surface area contributed by atoms with E-state index < -0.39 is 17.4 Å². The van der Waals surface area contributed by atoms with Gasteiger partial charge in [-0.1, -0.05) is 6.07 Å². The van der Waals surface area contributed by atoms with Crippen LogP contribution in [0.3, 0.4) is 0 Å². The molecule has 2 aliphatic rings. The molecule has 1 aromatic carbocycles. The molecule has 188 valence electrons. The Bertz CT molecular complexity index is 1150. The van der Waals surface area contributed by atoms with Gasteiger partial charge in [0.15, 0.2) is 0 Å². The smallest absolute Gasteiger partial charge is 0.311 e. The maximum Gasteiger partial charge on any atom is 0.311 e. The fraction of sp³-hybridized carbons (Fsp3) is 0.538. The number of amides is 2. The van der Waals surface area contributed by atoms with Crippen molar-refractivity contribution >= 4 is 28.7 Å². The van der Waals surface area contributed by atoms with Gasteiger partial charge in [0.2, 0.25) is 5.91 Å². The first kappa shape index (κ1) is 25.1. The molecule has 35 heavy (non-hydrogen) atoms. The molecule has 2 fully saturated rings. The van der Waals surface area contributed by atoms with E-state index in [0.29, 0.717) is 38.1 Å². The first-order chi connectivity index (χ1) is 16.7. The second-order valence-corrected chi connectivity index (χ2v) is 9.48. The van der Waals surface area contributed by atoms with Crippen LogP contribution in [-0.2, 0) is 23.9 Å². The zero-order chi connectivity index (χ0) is 25.3. The number of aromatic nitrogens is 1. The quantitative estimate of drug-likeness (QED) is 0.460. The van der Waals surface area contributed by atoms with Gasteiger partial charge in [0.1, 0.15) is 0 Å². The van der Waals surface area contributed by atoms with Gasteiger partial charge < -0.3 is 14.4 Å². The Kier molecular flexibility index (Phi) is 7.10. The molecule has 0 saturated carbocycles. The van der Waals surface area contributed by atoms with E-state index in [1.807, 2.05) is 32.9 Å². The molecular weight excluding hydrogens is 450 g/mol. The second-order valence-electron chi connectivity index (χ2n) is 9.48. The Morgan fingerprint density at radius 3 is 2.46 bits per heavy atom. The number of esters is 1. The van der Waals surface area contributed by atoms with Gasteiger partial charge in [-0.25, -0.2) is 5.06 Å². The van der Waals surface area contributed by atoms with Crippen molar-refractivity contribution < 1.29 is 28.7 Å². The van der Waals surface area contributed by atoms with Crippen molar-refractivity contribution in [3.8, 4) is 0 Å². The average Bonchev–Trinajstić information content (AvgIpc) is 3.08. The van der Waals surface area contributed by atoms with Crippen molar-refractivity contribution in [2.45, 2.75) is 45.6 Å². The maximum atomic E-state index is 13.7. The summed E-state index contributed by atoms with van der Waals surface area (Å²) in [6, 6.07) is 5.90. The van der Waals surface area contributed by atoms with Crippen LogP contribution in [0, 0.1) is 26.7 Å². The Labute approximate surface area is 205 Å². The summed E-state index contributed by atoms with van der Waals surface area (Å²) in [5, 5.41) is 2.22. The zero-order valence-electron chi connectivity index (χ0n) is 21.1. The first-order valence-corrected chi connectivity index (χ1v) is 11.9. The van der Waals surface area contributed by atoms with E-state index >= 15 is 0 Å². The van der Waals surface area contributed by atoms with E-state index in [-0.39, 0.29) is 24.8 Å². The van der Waals surface area contributed by atoms with Gasteiger partial charge in [-0.15, -0.1) is 0 Å². The number of hydrogen-bond acceptors (Lipinski definition) is 7. The van der Waals surface area contributed by atoms with Crippen molar-refractivity contribution in [3.63, 3.8) is 0 Å². The van der Waals surface area contributed by atoms with Crippen LogP contribution in [-0.4, -0.2) is 78.8 Å². The van der Waals surface area contributed by atoms with Gasteiger partial charge in [0.25, 0.3) is 5.91 Å². The number of nitrogens with zero attached hydrogens (tertiary/aromatic N) is 3. The Hall–Kier alpha value is -3.04. The predicted molar refractivity (Wildman–Crippen MR) is 129 cm³/mol. The number of ether oxygens (including phenoxy) is 2. The summed E-state index contributed by atoms with van der Waals surface area (Å²) in [6.45, 7) is 7.19. The van der Waals surface area contributed by atoms with E-state index in [4.69, 9.17) is 14.3 Å². The number of hydrogen-bond donors (Lipinski definition) is 0. The van der Waals surface area contributed by atoms with Crippen molar-refractivity contribution in [2.24, 2.45) is 5.92 Å². The number of methoxy groups -OCH3 is 2. The number of aryl methyl sites for hydroxylation is 3. The summed E-state index contributed by atoms with van der Waals surface area (Å²) in [7, 11) is 2.88. The molecule has 9 heteroatoms. The molecule has 2 amide bonds. The number of fused-ring (bicyclic) bond motifs is 1. The van der Waals surface area contributed by atoms with Crippen molar-refractivity contribution in [1.82, 2.24) is 14.9 Å². The summed E-state index contributed by atoms with van der Waals surface area (Å²) in [5.41, 5.74) is 3.47. The lowest BCUT2D eigenvalue weighted by Crippen LogP contribution is -2.58. The minimum atomic E-state index is -0.849. The van der Waals surface area contributed by atoms with E-state index in [1.165, 1.54) is 12.2 Å². The van der Waals surface area contributed by atoms with Crippen LogP contribution in [0.2, 0.25) is 0 Å². The number of likely N-dealkylation sites (tertiary alicyclic amines) is 1. The lowest BCUT2D eigenvalue weighted by atomic mass is 9.77. The molecule has 1 atom stereocenters. The SMILES string of the molecule is COCCON1C(=O)CC(C(=O)OC)C12CCN(C(=O)c1cc(C)nc3cc(C)cc(C)c13)CC2. The van der Waals surface area contributed by atoms with Crippen molar-refractivity contribution in [1.29, 1.82) is 0 Å². The molecule has 2 aromatic rings. The average molecular weight is 484 g/mol. The third kappa shape index (κ3) is 4.50. The first-order valence-electron chi connectivity index (χ1n) is 11.9. The van der Waals surface area contributed by atoms with E-state index in [9.17, 15) is 14.4 Å². The highest BCUT2D eigenvalue weighted by atomic mass is 16.7. The minimum absolute atomic E-state index is 0.0281. The van der Waals surface area contributed by atoms with Gasteiger partial charge in [-0.05, 0) is 56.9 Å². The van der Waals surface area contributed by atoms with Gasteiger partial charge in [0.05, 0.1) is 42.9 Å². The number of carbonyl (C=O) groups is 3. The van der Waals surface area contributed by atoms with E-state index in [1.54, 1.807) is 12.0 Å². The van der Waals surface area contributed by atoms with Crippen LogP contribution in [0.4, 0.5) is 0 Å². The summed E-state index contributed by atoms with van der Waals surface area (Å²) in [5.74, 6) is -1.40. The molecule has 1 unspecified atom stereocenters. The number of carbonyl (C=O) groups excluding carboxylic acids is 3. The van der Waals surface area contributed by atoms with Crippen LogP contribution in [0.5, 0.6) is 0 Å². The highest BCUT2D eigenvalue weighted by Crippen LogP contribution is 2.44. The number of pyridine rings is 1. The maximum absolute atomic E-state index is 13.7. The minimum Gasteiger partial charge on any atom is -0.469 e. The van der Waals surface area contributed by atoms with Crippen LogP contribution in [0.1, 0.15) is 46.4 Å². The van der Waals surface area contributed by atoms with E-state index in [0.717, 1.165) is 27.7 Å². The number of piperidine rings is 1. The third-order valence-electron chi connectivity index (χ3n) is 7.18. The molecule has 1 spiro atoms. The molecule has 0 aliphatic carbocycles. The normalized spacial score (nSPS) is 19.6. The molecule has 0 radical (unpaired) electrons. The summed E-state index contributed by atoms with van der Waals surface area (Å²) >= 11 is 0. The van der Waals surface area contributed by atoms with Crippen LogP contribution in [0.15, 0.2) is 18.2 Å². The molecule has 2 aliphatic heterocycles. The monoisotopic (exact) mass is 483 g/mol. The van der Waals surface area contributed by atoms with E-state index in [2.05, 4.69) is 11.1 Å². The molecule has 0 bridgehead atoms. The van der Waals surface area contributed by atoms with Crippen LogP contribution < -0.4 is 0 Å². The highest BCUT2D eigenvalue weighted by Gasteiger charge is 2.58. The fourth-order valence-electron chi connectivity index (χ4n) is 5.57. The van der Waals surface area contributed by atoms with Gasteiger partial charge in [-0.3, -0.25) is 24.2 Å². The molecule has 1 aromatic heterocycles. The lowest BCUT2D eigenvalue weighted by Gasteiger charge is -2.45. The Morgan fingerprint density at radius 1 is 1.09 bits per heavy atom. The van der Waals surface area contributed by atoms with Crippen LogP contribution >= 0.6 is 0 Å². The standard InChI is InChI=1S/C26H33N3O6/c1-16-12-17(2)23-19(14-18(3)27-21(23)13-16)24(31)28-8-6-26(7-9-28)20(25(32)34-5)15-22(30)29(26)35-11-10-33-4/h12-14,20H,6-11,15H2,1-5H3. The molecule has 0 N–H and O–H groups in total. The van der Waals surface area contributed by atoms with Gasteiger partial charge >= 0.3 is 5.97 Å². The van der Waals surface area contributed by atoms with Crippen molar-refractivity contribution in [2.75, 3.05) is 40.5 Å². The molecule has 3 heterocycles. The summed E-state index contributed by atoms with van der Waals surface area (Å²) in [6.07, 6.45) is 0.856. The molecule has 4 rings (SSSR count). The number of benzene rings is 1. The molecule has 9 nitrogen and oxygen atoms in total.